The molecule has 0 radical (unpaired) electrons. The summed E-state index contributed by atoms with van der Waals surface area (Å²) in [6.45, 7) is 3.77. The number of esters is 1. The summed E-state index contributed by atoms with van der Waals surface area (Å²) in [5, 5.41) is 3.09. The van der Waals surface area contributed by atoms with E-state index in [0.717, 1.165) is 31.7 Å². The molecule has 0 unspecified atom stereocenters. The summed E-state index contributed by atoms with van der Waals surface area (Å²) in [4.78, 5) is 27.2. The number of benzene rings is 1. The number of nitrogens with one attached hydrogen (secondary N) is 1. The number of ether oxygens (including phenoxy) is 1. The zero-order valence-corrected chi connectivity index (χ0v) is 17.3. The molecule has 1 fully saturated rings. The number of rotatable bonds is 8. The van der Waals surface area contributed by atoms with Crippen LogP contribution in [0.15, 0.2) is 46.9 Å². The minimum Gasteiger partial charge on any atom is -0.466 e. The molecule has 1 amide bonds. The fraction of sp³-hybridized carbons (Fsp3) is 0.478. The Kier molecular flexibility index (Phi) is 7.09. The SMILES string of the molecule is CCOC(=O)CC1(NC(=O)c2ccc(CCc3ccccc3)o2)CCN(C)CC1. The molecule has 1 aliphatic rings. The molecule has 0 atom stereocenters. The fourth-order valence-electron chi connectivity index (χ4n) is 3.73. The van der Waals surface area contributed by atoms with Crippen LogP contribution in [0.3, 0.4) is 0 Å². The van der Waals surface area contributed by atoms with Gasteiger partial charge in [0.1, 0.15) is 5.76 Å². The topological polar surface area (TPSA) is 71.8 Å². The van der Waals surface area contributed by atoms with Crippen molar-refractivity contribution in [3.05, 3.63) is 59.5 Å². The lowest BCUT2D eigenvalue weighted by Gasteiger charge is -2.40. The molecule has 2 aromatic rings. The molecule has 0 saturated carbocycles. The van der Waals surface area contributed by atoms with Gasteiger partial charge in [0.25, 0.3) is 5.91 Å². The van der Waals surface area contributed by atoms with Gasteiger partial charge in [-0.2, -0.15) is 0 Å². The highest BCUT2D eigenvalue weighted by atomic mass is 16.5. The zero-order valence-electron chi connectivity index (χ0n) is 17.3. The first-order chi connectivity index (χ1) is 14.0. The van der Waals surface area contributed by atoms with E-state index in [1.165, 1.54) is 5.56 Å². The van der Waals surface area contributed by atoms with Gasteiger partial charge in [0.15, 0.2) is 5.76 Å². The van der Waals surface area contributed by atoms with Crippen LogP contribution in [-0.4, -0.2) is 49.1 Å². The average molecular weight is 399 g/mol. The van der Waals surface area contributed by atoms with Gasteiger partial charge in [-0.3, -0.25) is 9.59 Å². The van der Waals surface area contributed by atoms with Crippen LogP contribution in [-0.2, 0) is 22.4 Å². The number of amides is 1. The summed E-state index contributed by atoms with van der Waals surface area (Å²) in [7, 11) is 2.04. The average Bonchev–Trinajstić information content (AvgIpc) is 3.19. The molecule has 6 nitrogen and oxygen atoms in total. The third kappa shape index (κ3) is 5.94. The van der Waals surface area contributed by atoms with Crippen molar-refractivity contribution >= 4 is 11.9 Å². The Morgan fingerprint density at radius 2 is 1.83 bits per heavy atom. The monoisotopic (exact) mass is 398 g/mol. The van der Waals surface area contributed by atoms with Crippen molar-refractivity contribution in [2.75, 3.05) is 26.7 Å². The molecule has 1 saturated heterocycles. The highest BCUT2D eigenvalue weighted by Crippen LogP contribution is 2.27. The van der Waals surface area contributed by atoms with Crippen molar-refractivity contribution in [1.29, 1.82) is 0 Å². The van der Waals surface area contributed by atoms with Crippen LogP contribution in [0.4, 0.5) is 0 Å². The molecule has 6 heteroatoms. The number of piperidine rings is 1. The number of aryl methyl sites for hydroxylation is 2. The van der Waals surface area contributed by atoms with E-state index in [1.807, 2.05) is 31.3 Å². The maximum Gasteiger partial charge on any atom is 0.308 e. The van der Waals surface area contributed by atoms with Gasteiger partial charge < -0.3 is 19.4 Å². The van der Waals surface area contributed by atoms with E-state index in [-0.39, 0.29) is 24.1 Å². The molecule has 2 heterocycles. The first-order valence-corrected chi connectivity index (χ1v) is 10.3. The van der Waals surface area contributed by atoms with E-state index in [9.17, 15) is 9.59 Å². The molecule has 1 aromatic carbocycles. The van der Waals surface area contributed by atoms with E-state index >= 15 is 0 Å². The number of hydrogen-bond acceptors (Lipinski definition) is 5. The molecule has 0 spiro atoms. The maximum absolute atomic E-state index is 12.9. The van der Waals surface area contributed by atoms with Crippen LogP contribution in [0, 0.1) is 0 Å². The van der Waals surface area contributed by atoms with Gasteiger partial charge >= 0.3 is 5.97 Å². The van der Waals surface area contributed by atoms with E-state index in [4.69, 9.17) is 9.15 Å². The minimum atomic E-state index is -0.590. The molecular weight excluding hydrogens is 368 g/mol. The minimum absolute atomic E-state index is 0.183. The van der Waals surface area contributed by atoms with Crippen molar-refractivity contribution in [3.8, 4) is 0 Å². The molecule has 0 bridgehead atoms. The van der Waals surface area contributed by atoms with E-state index in [2.05, 4.69) is 22.3 Å². The summed E-state index contributed by atoms with van der Waals surface area (Å²) in [5.41, 5.74) is 0.641. The van der Waals surface area contributed by atoms with Crippen molar-refractivity contribution in [2.45, 2.75) is 44.6 Å². The normalized spacial score (nSPS) is 16.3. The third-order valence-corrected chi connectivity index (χ3v) is 5.50. The van der Waals surface area contributed by atoms with Gasteiger partial charge in [-0.15, -0.1) is 0 Å². The summed E-state index contributed by atoms with van der Waals surface area (Å²) in [6.07, 6.45) is 3.18. The van der Waals surface area contributed by atoms with Crippen LogP contribution in [0.1, 0.15) is 48.1 Å². The predicted molar refractivity (Wildman–Crippen MR) is 111 cm³/mol. The van der Waals surface area contributed by atoms with Crippen LogP contribution >= 0.6 is 0 Å². The van der Waals surface area contributed by atoms with Gasteiger partial charge in [0.05, 0.1) is 18.6 Å². The number of likely N-dealkylation sites (tertiary alicyclic amines) is 1. The van der Waals surface area contributed by atoms with E-state index in [1.54, 1.807) is 13.0 Å². The number of furan rings is 1. The number of carbonyl (C=O) groups excluding carboxylic acids is 2. The second-order valence-corrected chi connectivity index (χ2v) is 7.77. The Morgan fingerprint density at radius 3 is 2.52 bits per heavy atom. The quantitative estimate of drug-likeness (QED) is 0.692. The van der Waals surface area contributed by atoms with Crippen LogP contribution in [0.5, 0.6) is 0 Å². The van der Waals surface area contributed by atoms with Crippen molar-refractivity contribution < 1.29 is 18.7 Å². The Balaban J connectivity index is 1.63. The fourth-order valence-corrected chi connectivity index (χ4v) is 3.73. The lowest BCUT2D eigenvalue weighted by Crippen LogP contribution is -2.55. The predicted octanol–water partition coefficient (Wildman–Crippen LogP) is 3.21. The molecule has 156 valence electrons. The standard InChI is InChI=1S/C23H30N2O4/c1-3-28-21(26)17-23(13-15-25(2)16-14-23)24-22(27)20-12-11-19(29-20)10-9-18-7-5-4-6-8-18/h4-8,11-12H,3,9-10,13-17H2,1-2H3,(H,24,27). The molecule has 3 rings (SSSR count). The maximum atomic E-state index is 12.9. The summed E-state index contributed by atoms with van der Waals surface area (Å²) in [6, 6.07) is 13.7. The Morgan fingerprint density at radius 1 is 1.10 bits per heavy atom. The highest BCUT2D eigenvalue weighted by molar-refractivity contribution is 5.92. The Hall–Kier alpha value is -2.60. The smallest absolute Gasteiger partial charge is 0.308 e. The first-order valence-electron chi connectivity index (χ1n) is 10.3. The number of nitrogens with zero attached hydrogens (tertiary/aromatic N) is 1. The molecule has 1 aliphatic heterocycles. The van der Waals surface area contributed by atoms with Gasteiger partial charge in [-0.05, 0) is 50.9 Å². The molecule has 29 heavy (non-hydrogen) atoms. The molecule has 1 N–H and O–H groups in total. The van der Waals surface area contributed by atoms with E-state index in [0.29, 0.717) is 19.4 Å². The van der Waals surface area contributed by atoms with Crippen molar-refractivity contribution in [1.82, 2.24) is 10.2 Å². The molecule has 1 aromatic heterocycles. The Bertz CT molecular complexity index is 807. The van der Waals surface area contributed by atoms with Crippen molar-refractivity contribution in [3.63, 3.8) is 0 Å². The van der Waals surface area contributed by atoms with Crippen LogP contribution < -0.4 is 5.32 Å². The van der Waals surface area contributed by atoms with E-state index < -0.39 is 5.54 Å². The van der Waals surface area contributed by atoms with Gasteiger partial charge in [0.2, 0.25) is 0 Å². The molecular formula is C23H30N2O4. The molecule has 0 aliphatic carbocycles. The highest BCUT2D eigenvalue weighted by Gasteiger charge is 2.38. The second-order valence-electron chi connectivity index (χ2n) is 7.77. The van der Waals surface area contributed by atoms with Gasteiger partial charge in [0, 0.05) is 19.5 Å². The van der Waals surface area contributed by atoms with Crippen molar-refractivity contribution in [2.24, 2.45) is 0 Å². The summed E-state index contributed by atoms with van der Waals surface area (Å²) in [5.74, 6) is 0.516. The number of hydrogen-bond donors (Lipinski definition) is 1. The van der Waals surface area contributed by atoms with Gasteiger partial charge in [-0.25, -0.2) is 0 Å². The zero-order chi connectivity index (χ0) is 20.7. The number of carbonyl (C=O) groups is 2. The third-order valence-electron chi connectivity index (χ3n) is 5.50. The summed E-state index contributed by atoms with van der Waals surface area (Å²) < 4.78 is 10.9. The summed E-state index contributed by atoms with van der Waals surface area (Å²) >= 11 is 0. The largest absolute Gasteiger partial charge is 0.466 e. The Labute approximate surface area is 172 Å². The lowest BCUT2D eigenvalue weighted by atomic mass is 9.84. The van der Waals surface area contributed by atoms with Crippen LogP contribution in [0.2, 0.25) is 0 Å². The second kappa shape index (κ2) is 9.74. The lowest BCUT2D eigenvalue weighted by molar-refractivity contribution is -0.145. The van der Waals surface area contributed by atoms with Crippen LogP contribution in [0.25, 0.3) is 0 Å². The first kappa shape index (κ1) is 21.1. The van der Waals surface area contributed by atoms with Gasteiger partial charge in [-0.1, -0.05) is 30.3 Å².